The predicted octanol–water partition coefficient (Wildman–Crippen LogP) is 2.20. The number of anilines is 3. The molecule has 7 N–H and O–H groups in total. The SMILES string of the molecule is CC[C@@H]1c2c(O)c(N=CN(C)CNc3c(C)c(O)c4c(c3O)C(=COCC#N)[C@@]3(OC)[C@H]5N[C@H]5CN43)c(C)c(O)c2N2C[C@@H]3N[C@@H]3[C@]12OC. The van der Waals surface area contributed by atoms with Crippen LogP contribution in [-0.4, -0.2) is 115 Å². The molecule has 0 bridgehead atoms. The maximum atomic E-state index is 11.7. The summed E-state index contributed by atoms with van der Waals surface area (Å²) >= 11 is 0. The highest BCUT2D eigenvalue weighted by Crippen LogP contribution is 2.65. The Morgan fingerprint density at radius 3 is 2.39 bits per heavy atom. The highest BCUT2D eigenvalue weighted by atomic mass is 16.5. The molecule has 6 heterocycles. The number of piperazine rings is 2. The quantitative estimate of drug-likeness (QED) is 0.0282. The minimum atomic E-state index is -1.01. The molecule has 0 radical (unpaired) electrons. The zero-order valence-electron chi connectivity index (χ0n) is 28.3. The van der Waals surface area contributed by atoms with Crippen molar-refractivity contribution in [3.05, 3.63) is 28.5 Å². The van der Waals surface area contributed by atoms with Gasteiger partial charge in [0.15, 0.2) is 18.1 Å². The van der Waals surface area contributed by atoms with Gasteiger partial charge in [-0.2, -0.15) is 5.26 Å². The van der Waals surface area contributed by atoms with Crippen molar-refractivity contribution in [2.45, 2.75) is 68.7 Å². The van der Waals surface area contributed by atoms with E-state index in [0.717, 1.165) is 0 Å². The van der Waals surface area contributed by atoms with E-state index < -0.39 is 11.4 Å². The van der Waals surface area contributed by atoms with E-state index in [0.29, 0.717) is 70.4 Å². The standard InChI is InChI=1S/C34H42N8O7/c1-7-17-21-25(41-10-19-31(38-19)33(17,41)47-5)27(43)15(2)23(29(21)45)36-13-40(4)14-37-24-16(3)28(44)26-22(30(24)46)18(12-49-9-8-35)34(48-6)32-20(39-32)11-42(26)34/h12-13,17,19-20,31-32,37-39,43-46H,7,9-11,14H2,1-6H3/t17-,19+,20+,31+,32+,33-,34-/m1/s1. The lowest BCUT2D eigenvalue weighted by Crippen LogP contribution is -2.53. The molecule has 4 saturated heterocycles. The van der Waals surface area contributed by atoms with Crippen LogP contribution in [0.2, 0.25) is 0 Å². The first-order valence-electron chi connectivity index (χ1n) is 16.6. The fourth-order valence-electron chi connectivity index (χ4n) is 9.18. The van der Waals surface area contributed by atoms with Crippen LogP contribution in [0.15, 0.2) is 11.3 Å². The van der Waals surface area contributed by atoms with Gasteiger partial charge in [-0.15, -0.1) is 0 Å². The summed E-state index contributed by atoms with van der Waals surface area (Å²) in [5, 5.41) is 65.5. The first-order chi connectivity index (χ1) is 23.5. The van der Waals surface area contributed by atoms with E-state index >= 15 is 0 Å². The van der Waals surface area contributed by atoms with Crippen LogP contribution in [-0.2, 0) is 14.2 Å². The average Bonchev–Trinajstić information content (AvgIpc) is 3.92. The second-order valence-electron chi connectivity index (χ2n) is 13.7. The van der Waals surface area contributed by atoms with Gasteiger partial charge in [-0.25, -0.2) is 4.99 Å². The number of hydrogen-bond donors (Lipinski definition) is 7. The summed E-state index contributed by atoms with van der Waals surface area (Å²) in [4.78, 5) is 10.4. The lowest BCUT2D eigenvalue weighted by molar-refractivity contribution is -0.0203. The van der Waals surface area contributed by atoms with Gasteiger partial charge in [0.1, 0.15) is 34.8 Å². The highest BCUT2D eigenvalue weighted by Gasteiger charge is 2.71. The number of nitrogens with zero attached hydrogens (tertiary/aromatic N) is 5. The molecule has 7 atom stereocenters. The Labute approximate surface area is 284 Å². The molecule has 260 valence electrons. The number of aromatic hydroxyl groups is 4. The first kappa shape index (κ1) is 31.6. The van der Waals surface area contributed by atoms with Crippen molar-refractivity contribution in [2.24, 2.45) is 4.99 Å². The number of phenols is 4. The van der Waals surface area contributed by atoms with Crippen LogP contribution in [0, 0.1) is 25.2 Å². The molecular formula is C34H42N8O7. The molecule has 6 aliphatic heterocycles. The van der Waals surface area contributed by atoms with Crippen LogP contribution in [0.1, 0.15) is 41.5 Å². The topological polar surface area (TPSA) is 210 Å². The van der Waals surface area contributed by atoms with Crippen LogP contribution in [0.5, 0.6) is 23.0 Å². The zero-order valence-corrected chi connectivity index (χ0v) is 28.3. The maximum absolute atomic E-state index is 11.7. The summed E-state index contributed by atoms with van der Waals surface area (Å²) in [6.07, 6.45) is 3.68. The van der Waals surface area contributed by atoms with Gasteiger partial charge in [-0.1, -0.05) is 6.92 Å². The zero-order chi connectivity index (χ0) is 34.7. The van der Waals surface area contributed by atoms with Gasteiger partial charge >= 0.3 is 0 Å². The second kappa shape index (κ2) is 10.7. The van der Waals surface area contributed by atoms with Gasteiger partial charge in [0.05, 0.1) is 59.6 Å². The molecule has 8 rings (SSSR count). The smallest absolute Gasteiger partial charge is 0.188 e. The Morgan fingerprint density at radius 2 is 1.69 bits per heavy atom. The third-order valence-electron chi connectivity index (χ3n) is 11.5. The van der Waals surface area contributed by atoms with Gasteiger partial charge in [0, 0.05) is 69.0 Å². The first-order valence-corrected chi connectivity index (χ1v) is 16.6. The Hall–Kier alpha value is -4.62. The van der Waals surface area contributed by atoms with Crippen molar-refractivity contribution < 1.29 is 34.6 Å². The summed E-state index contributed by atoms with van der Waals surface area (Å²) in [6, 6.07) is 2.44. The molecule has 0 aliphatic carbocycles. The molecule has 0 spiro atoms. The monoisotopic (exact) mass is 674 g/mol. The Bertz CT molecular complexity index is 1880. The summed E-state index contributed by atoms with van der Waals surface area (Å²) in [6.45, 7) is 6.73. The molecule has 6 aliphatic rings. The van der Waals surface area contributed by atoms with Gasteiger partial charge in [-0.3, -0.25) is 0 Å². The van der Waals surface area contributed by atoms with E-state index in [-0.39, 0.29) is 66.0 Å². The number of hydrogen-bond acceptors (Lipinski definition) is 14. The Kier molecular flexibility index (Phi) is 6.90. The van der Waals surface area contributed by atoms with E-state index in [1.807, 2.05) is 11.0 Å². The molecule has 2 aromatic rings. The van der Waals surface area contributed by atoms with E-state index in [2.05, 4.69) is 32.8 Å². The number of rotatable bonds is 10. The van der Waals surface area contributed by atoms with Gasteiger partial charge in [0.25, 0.3) is 0 Å². The number of nitrogens with one attached hydrogen (secondary N) is 3. The molecular weight excluding hydrogens is 632 g/mol. The fourth-order valence-corrected chi connectivity index (χ4v) is 9.18. The molecule has 49 heavy (non-hydrogen) atoms. The number of ether oxygens (including phenoxy) is 3. The van der Waals surface area contributed by atoms with E-state index in [4.69, 9.17) is 19.5 Å². The molecule has 0 unspecified atom stereocenters. The Morgan fingerprint density at radius 1 is 1.00 bits per heavy atom. The van der Waals surface area contributed by atoms with Gasteiger partial charge < -0.3 is 65.3 Å². The van der Waals surface area contributed by atoms with Crippen molar-refractivity contribution in [1.29, 1.82) is 5.26 Å². The molecule has 0 amide bonds. The molecule has 0 aromatic heterocycles. The van der Waals surface area contributed by atoms with Crippen molar-refractivity contribution in [2.75, 3.05) is 62.7 Å². The molecule has 4 fully saturated rings. The predicted molar refractivity (Wildman–Crippen MR) is 182 cm³/mol. The fraction of sp³-hybridized carbons (Fsp3) is 0.529. The van der Waals surface area contributed by atoms with Crippen molar-refractivity contribution in [1.82, 2.24) is 15.5 Å². The highest BCUT2D eigenvalue weighted by molar-refractivity contribution is 6.01. The van der Waals surface area contributed by atoms with E-state index in [9.17, 15) is 20.4 Å². The molecule has 15 nitrogen and oxygen atoms in total. The van der Waals surface area contributed by atoms with E-state index in [1.54, 1.807) is 40.0 Å². The number of methoxy groups -OCH3 is 2. The minimum Gasteiger partial charge on any atom is -0.505 e. The largest absolute Gasteiger partial charge is 0.505 e. The van der Waals surface area contributed by atoms with Crippen LogP contribution < -0.4 is 25.8 Å². The summed E-state index contributed by atoms with van der Waals surface area (Å²) < 4.78 is 17.8. The summed E-state index contributed by atoms with van der Waals surface area (Å²) in [5.74, 6) is -0.159. The van der Waals surface area contributed by atoms with Crippen molar-refractivity contribution in [3.8, 4) is 29.1 Å². The third kappa shape index (κ3) is 3.88. The lowest BCUT2D eigenvalue weighted by atomic mass is 9.85. The number of fused-ring (bicyclic) bond motifs is 10. The van der Waals surface area contributed by atoms with Crippen molar-refractivity contribution >= 4 is 34.7 Å². The van der Waals surface area contributed by atoms with Crippen molar-refractivity contribution in [3.63, 3.8) is 0 Å². The second-order valence-corrected chi connectivity index (χ2v) is 13.7. The summed E-state index contributed by atoms with van der Waals surface area (Å²) in [5.41, 5.74) is 2.39. The van der Waals surface area contributed by atoms with Crippen LogP contribution in [0.4, 0.5) is 22.7 Å². The molecule has 15 heteroatoms. The van der Waals surface area contributed by atoms with Crippen LogP contribution >= 0.6 is 0 Å². The lowest BCUT2D eigenvalue weighted by Gasteiger charge is -2.38. The molecule has 0 saturated carbocycles. The molecule has 2 aromatic carbocycles. The number of nitriles is 1. The number of benzene rings is 2. The van der Waals surface area contributed by atoms with E-state index in [1.165, 1.54) is 12.6 Å². The van der Waals surface area contributed by atoms with Crippen LogP contribution in [0.3, 0.4) is 0 Å². The summed E-state index contributed by atoms with van der Waals surface area (Å²) in [7, 11) is 5.04. The number of aliphatic imine (C=N–C) groups is 1. The normalized spacial score (nSPS) is 31.7. The van der Waals surface area contributed by atoms with Gasteiger partial charge in [-0.05, 0) is 20.3 Å². The third-order valence-corrected chi connectivity index (χ3v) is 11.5. The maximum Gasteiger partial charge on any atom is 0.188 e. The van der Waals surface area contributed by atoms with Crippen LogP contribution in [0.25, 0.3) is 5.57 Å². The average molecular weight is 675 g/mol. The Balaban J connectivity index is 1.08. The minimum absolute atomic E-state index is 0.000254. The van der Waals surface area contributed by atoms with Gasteiger partial charge in [0.2, 0.25) is 0 Å². The number of phenolic OH excluding ortho intramolecular Hbond substituents is 4.